The average molecular weight is 485 g/mol. The van der Waals surface area contributed by atoms with E-state index in [9.17, 15) is 4.79 Å². The number of hydrogen-bond donors (Lipinski definition) is 3. The highest BCUT2D eigenvalue weighted by Crippen LogP contribution is 2.36. The number of anilines is 2. The molecule has 1 aliphatic rings. The SMILES string of the molecule is CCOc1cc(C2C(C(=O)Nc3cccnc3)=C(C)Nc3nn[nH][n+]32)ccc1OCc1ccccc1. The number of ether oxygens (including phenoxy) is 2. The Kier molecular flexibility index (Phi) is 6.57. The molecule has 36 heavy (non-hydrogen) atoms. The van der Waals surface area contributed by atoms with Crippen molar-refractivity contribution in [2.24, 2.45) is 0 Å². The van der Waals surface area contributed by atoms with E-state index >= 15 is 0 Å². The van der Waals surface area contributed by atoms with Crippen molar-refractivity contribution in [3.63, 3.8) is 0 Å². The number of fused-ring (bicyclic) bond motifs is 1. The molecule has 1 unspecified atom stereocenters. The Morgan fingerprint density at radius 1 is 1.08 bits per heavy atom. The van der Waals surface area contributed by atoms with E-state index in [2.05, 4.69) is 31.1 Å². The summed E-state index contributed by atoms with van der Waals surface area (Å²) in [7, 11) is 0. The minimum atomic E-state index is -0.532. The van der Waals surface area contributed by atoms with Crippen LogP contribution in [0.1, 0.15) is 31.0 Å². The monoisotopic (exact) mass is 484 g/mol. The van der Waals surface area contributed by atoms with Gasteiger partial charge in [-0.25, -0.2) is 0 Å². The number of nitrogens with one attached hydrogen (secondary N) is 3. The van der Waals surface area contributed by atoms with Crippen LogP contribution in [0.15, 0.2) is 84.3 Å². The van der Waals surface area contributed by atoms with Gasteiger partial charge in [0, 0.05) is 6.20 Å². The molecule has 1 aliphatic heterocycles. The van der Waals surface area contributed by atoms with Gasteiger partial charge in [0.2, 0.25) is 0 Å². The van der Waals surface area contributed by atoms with Gasteiger partial charge in [-0.2, -0.15) is 0 Å². The summed E-state index contributed by atoms with van der Waals surface area (Å²) < 4.78 is 13.7. The van der Waals surface area contributed by atoms with Gasteiger partial charge in [0.05, 0.1) is 34.9 Å². The largest absolute Gasteiger partial charge is 0.490 e. The molecule has 0 saturated heterocycles. The number of H-pyrrole nitrogens is 1. The van der Waals surface area contributed by atoms with E-state index in [1.807, 2.05) is 62.4 Å². The van der Waals surface area contributed by atoms with Gasteiger partial charge in [0.15, 0.2) is 17.5 Å². The van der Waals surface area contributed by atoms with Crippen molar-refractivity contribution in [2.75, 3.05) is 17.2 Å². The Bertz CT molecular complexity index is 1390. The number of aromatic amines is 1. The van der Waals surface area contributed by atoms with Crippen LogP contribution in [0.25, 0.3) is 0 Å². The summed E-state index contributed by atoms with van der Waals surface area (Å²) in [6.07, 6.45) is 3.25. The molecule has 2 aromatic carbocycles. The first-order valence-corrected chi connectivity index (χ1v) is 11.6. The van der Waals surface area contributed by atoms with Crippen molar-refractivity contribution in [3.05, 3.63) is 95.5 Å². The van der Waals surface area contributed by atoms with Gasteiger partial charge in [-0.1, -0.05) is 36.4 Å². The number of carbonyl (C=O) groups is 1. The number of amides is 1. The molecule has 0 aliphatic carbocycles. The van der Waals surface area contributed by atoms with E-state index in [0.29, 0.717) is 47.6 Å². The molecule has 0 radical (unpaired) electrons. The maximum Gasteiger partial charge on any atom is 0.405 e. The van der Waals surface area contributed by atoms with E-state index in [4.69, 9.17) is 9.47 Å². The fourth-order valence-electron chi connectivity index (χ4n) is 4.11. The zero-order chi connectivity index (χ0) is 24.9. The molecule has 10 heteroatoms. The van der Waals surface area contributed by atoms with Crippen LogP contribution in [0.5, 0.6) is 11.5 Å². The van der Waals surface area contributed by atoms with Crippen LogP contribution in [-0.4, -0.2) is 33.0 Å². The summed E-state index contributed by atoms with van der Waals surface area (Å²) in [6.45, 7) is 4.63. The van der Waals surface area contributed by atoms with Gasteiger partial charge in [-0.05, 0) is 49.2 Å². The smallest absolute Gasteiger partial charge is 0.405 e. The van der Waals surface area contributed by atoms with Crippen LogP contribution in [-0.2, 0) is 11.4 Å². The lowest BCUT2D eigenvalue weighted by Crippen LogP contribution is -2.50. The number of rotatable bonds is 8. The summed E-state index contributed by atoms with van der Waals surface area (Å²) in [6, 6.07) is 18.6. The zero-order valence-corrected chi connectivity index (χ0v) is 19.9. The topological polar surface area (TPSA) is 118 Å². The van der Waals surface area contributed by atoms with Gasteiger partial charge < -0.3 is 14.8 Å². The molecule has 1 amide bonds. The fourth-order valence-corrected chi connectivity index (χ4v) is 4.11. The van der Waals surface area contributed by atoms with E-state index in [1.54, 1.807) is 29.2 Å². The van der Waals surface area contributed by atoms with Gasteiger partial charge in [0.25, 0.3) is 5.91 Å². The Hall–Kier alpha value is -4.73. The highest BCUT2D eigenvalue weighted by Gasteiger charge is 2.38. The Labute approximate surface area is 208 Å². The number of benzene rings is 2. The molecule has 1 atom stereocenters. The molecule has 0 bridgehead atoms. The van der Waals surface area contributed by atoms with Crippen LogP contribution >= 0.6 is 0 Å². The minimum absolute atomic E-state index is 0.270. The molecule has 3 heterocycles. The Morgan fingerprint density at radius 2 is 1.94 bits per heavy atom. The lowest BCUT2D eigenvalue weighted by molar-refractivity contribution is -0.750. The number of hydrogen-bond acceptors (Lipinski definition) is 7. The number of aromatic nitrogens is 5. The molecular weight excluding hydrogens is 458 g/mol. The standard InChI is InChI=1S/C26H25N7O3/c1-3-35-22-14-19(11-12-21(22)36-16-18-8-5-4-6-9-18)24-23(17(2)28-26-30-31-32-33(24)26)25(34)29-20-10-7-13-27-15-20/h4-15,24H,3,16H2,1-2H3,(H2,28,29,30,32,34)/p+1. The summed E-state index contributed by atoms with van der Waals surface area (Å²) in [4.78, 5) is 17.5. The third kappa shape index (κ3) is 4.74. The first-order valence-electron chi connectivity index (χ1n) is 11.6. The fraction of sp³-hybridized carbons (Fsp3) is 0.192. The van der Waals surface area contributed by atoms with Crippen LogP contribution in [0.2, 0.25) is 0 Å². The second-order valence-electron chi connectivity index (χ2n) is 8.17. The lowest BCUT2D eigenvalue weighted by atomic mass is 9.94. The Morgan fingerprint density at radius 3 is 2.72 bits per heavy atom. The summed E-state index contributed by atoms with van der Waals surface area (Å²) in [5.74, 6) is 1.43. The molecule has 5 rings (SSSR count). The Balaban J connectivity index is 1.50. The first kappa shape index (κ1) is 23.0. The van der Waals surface area contributed by atoms with Crippen LogP contribution < -0.4 is 24.8 Å². The van der Waals surface area contributed by atoms with Crippen molar-refractivity contribution >= 4 is 17.5 Å². The molecule has 10 nitrogen and oxygen atoms in total. The number of pyridine rings is 1. The maximum absolute atomic E-state index is 13.5. The van der Waals surface area contributed by atoms with Crippen LogP contribution in [0.3, 0.4) is 0 Å². The zero-order valence-electron chi connectivity index (χ0n) is 19.9. The number of allylic oxidation sites excluding steroid dienone is 1. The van der Waals surface area contributed by atoms with Gasteiger partial charge in [-0.3, -0.25) is 15.1 Å². The quantitative estimate of drug-likeness (QED) is 0.328. The molecule has 0 fully saturated rings. The van der Waals surface area contributed by atoms with Crippen molar-refractivity contribution in [1.29, 1.82) is 0 Å². The van der Waals surface area contributed by atoms with Gasteiger partial charge in [-0.15, -0.1) is 9.90 Å². The van der Waals surface area contributed by atoms with E-state index < -0.39 is 6.04 Å². The van der Waals surface area contributed by atoms with Crippen LogP contribution in [0.4, 0.5) is 11.6 Å². The normalized spacial score (nSPS) is 14.6. The predicted octanol–water partition coefficient (Wildman–Crippen LogP) is 3.39. The van der Waals surface area contributed by atoms with Gasteiger partial charge >= 0.3 is 5.95 Å². The third-order valence-electron chi connectivity index (χ3n) is 5.74. The van der Waals surface area contributed by atoms with Crippen molar-refractivity contribution < 1.29 is 19.0 Å². The van der Waals surface area contributed by atoms with E-state index in [1.165, 1.54) is 0 Å². The first-order chi connectivity index (χ1) is 17.6. The van der Waals surface area contributed by atoms with Crippen LogP contribution in [0, 0.1) is 0 Å². The van der Waals surface area contributed by atoms with E-state index in [-0.39, 0.29) is 5.91 Å². The number of carbonyl (C=O) groups excluding carboxylic acids is 1. The summed E-state index contributed by atoms with van der Waals surface area (Å²) in [5.41, 5.74) is 3.62. The second-order valence-corrected chi connectivity index (χ2v) is 8.17. The molecule has 2 aromatic heterocycles. The average Bonchev–Trinajstić information content (AvgIpc) is 3.36. The molecule has 0 spiro atoms. The van der Waals surface area contributed by atoms with E-state index in [0.717, 1.165) is 11.1 Å². The maximum atomic E-state index is 13.5. The number of tetrazole rings is 1. The molecule has 3 N–H and O–H groups in total. The predicted molar refractivity (Wildman–Crippen MR) is 132 cm³/mol. The minimum Gasteiger partial charge on any atom is -0.490 e. The number of nitrogens with zero attached hydrogens (tertiary/aromatic N) is 4. The molecular formula is C26H26N7O3+. The summed E-state index contributed by atoms with van der Waals surface area (Å²) >= 11 is 0. The molecule has 0 saturated carbocycles. The highest BCUT2D eigenvalue weighted by molar-refractivity contribution is 6.05. The highest BCUT2D eigenvalue weighted by atomic mass is 16.5. The molecule has 182 valence electrons. The summed E-state index contributed by atoms with van der Waals surface area (Å²) in [5, 5.41) is 17.0. The van der Waals surface area contributed by atoms with Crippen molar-refractivity contribution in [2.45, 2.75) is 26.5 Å². The second kappa shape index (κ2) is 10.3. The van der Waals surface area contributed by atoms with Crippen molar-refractivity contribution in [3.8, 4) is 11.5 Å². The van der Waals surface area contributed by atoms with Crippen molar-refractivity contribution in [1.82, 2.24) is 20.5 Å². The molecule has 4 aromatic rings. The van der Waals surface area contributed by atoms with Gasteiger partial charge in [0.1, 0.15) is 11.8 Å². The lowest BCUT2D eigenvalue weighted by Gasteiger charge is -2.25. The third-order valence-corrected chi connectivity index (χ3v) is 5.74.